The maximum atomic E-state index is 12.2. The van der Waals surface area contributed by atoms with Gasteiger partial charge in [0.05, 0.1) is 24.2 Å². The molecule has 3 rings (SSSR count). The van der Waals surface area contributed by atoms with E-state index in [4.69, 9.17) is 4.74 Å². The van der Waals surface area contributed by atoms with E-state index in [9.17, 15) is 9.90 Å². The summed E-state index contributed by atoms with van der Waals surface area (Å²) in [4.78, 5) is 14.0. The number of aliphatic hydroxyl groups excluding tert-OH is 1. The fraction of sp³-hybridized carbons (Fsp3) is 0.909. The lowest BCUT2D eigenvalue weighted by molar-refractivity contribution is -0.137. The molecule has 1 amide bonds. The fourth-order valence-electron chi connectivity index (χ4n) is 3.33. The molecule has 0 aliphatic carbocycles. The zero-order valence-corrected chi connectivity index (χ0v) is 9.30. The number of hydrogen-bond donors (Lipinski definition) is 1. The Morgan fingerprint density at radius 1 is 1.47 bits per heavy atom. The first-order valence-electron chi connectivity index (χ1n) is 5.58. The van der Waals surface area contributed by atoms with E-state index in [2.05, 4.69) is 0 Å². The minimum Gasteiger partial charge on any atom is -0.388 e. The average molecular weight is 211 g/mol. The highest BCUT2D eigenvalue weighted by molar-refractivity contribution is 5.84. The van der Waals surface area contributed by atoms with Crippen molar-refractivity contribution < 1.29 is 14.6 Å². The number of fused-ring (bicyclic) bond motifs is 1. The van der Waals surface area contributed by atoms with Crippen LogP contribution in [0.4, 0.5) is 0 Å². The summed E-state index contributed by atoms with van der Waals surface area (Å²) in [5.74, 6) is 0.166. The monoisotopic (exact) mass is 211 g/mol. The number of aliphatic hydroxyl groups is 1. The van der Waals surface area contributed by atoms with Gasteiger partial charge in [-0.3, -0.25) is 4.79 Å². The van der Waals surface area contributed by atoms with Crippen LogP contribution in [0.25, 0.3) is 0 Å². The summed E-state index contributed by atoms with van der Waals surface area (Å²) in [6, 6.07) is -0.110. The van der Waals surface area contributed by atoms with E-state index in [1.54, 1.807) is 0 Å². The smallest absolute Gasteiger partial charge is 0.229 e. The minimum absolute atomic E-state index is 0.00243. The Balaban J connectivity index is 2.02. The van der Waals surface area contributed by atoms with Crippen LogP contribution in [0.5, 0.6) is 0 Å². The van der Waals surface area contributed by atoms with Crippen molar-refractivity contribution in [3.05, 3.63) is 0 Å². The van der Waals surface area contributed by atoms with Gasteiger partial charge in [0.15, 0.2) is 0 Å². The summed E-state index contributed by atoms with van der Waals surface area (Å²) < 4.78 is 5.65. The molecule has 84 valence electrons. The Hall–Kier alpha value is -0.610. The van der Waals surface area contributed by atoms with Crippen LogP contribution in [0.1, 0.15) is 27.2 Å². The van der Waals surface area contributed by atoms with Gasteiger partial charge in [-0.05, 0) is 27.2 Å². The van der Waals surface area contributed by atoms with Crippen molar-refractivity contribution in [3.8, 4) is 0 Å². The lowest BCUT2D eigenvalue weighted by Gasteiger charge is -2.37. The quantitative estimate of drug-likeness (QED) is 0.620. The van der Waals surface area contributed by atoms with E-state index in [-0.39, 0.29) is 35.6 Å². The highest BCUT2D eigenvalue weighted by atomic mass is 16.5. The van der Waals surface area contributed by atoms with E-state index in [0.717, 1.165) is 0 Å². The highest BCUT2D eigenvalue weighted by Crippen LogP contribution is 2.49. The summed E-state index contributed by atoms with van der Waals surface area (Å²) in [6.07, 6.45) is 0.0447. The van der Waals surface area contributed by atoms with E-state index in [0.29, 0.717) is 6.42 Å². The fourth-order valence-corrected chi connectivity index (χ4v) is 3.33. The summed E-state index contributed by atoms with van der Waals surface area (Å²) in [6.45, 7) is 6.03. The van der Waals surface area contributed by atoms with Crippen molar-refractivity contribution in [3.63, 3.8) is 0 Å². The van der Waals surface area contributed by atoms with Crippen molar-refractivity contribution in [2.75, 3.05) is 0 Å². The molecule has 3 aliphatic rings. The molecule has 4 heteroatoms. The van der Waals surface area contributed by atoms with Crippen molar-refractivity contribution in [2.45, 2.75) is 57.1 Å². The molecule has 3 heterocycles. The Bertz CT molecular complexity index is 322. The highest BCUT2D eigenvalue weighted by Gasteiger charge is 2.66. The number of carbonyl (C=O) groups excluding carboxylic acids is 1. The van der Waals surface area contributed by atoms with E-state index in [1.807, 2.05) is 25.7 Å². The Labute approximate surface area is 89.2 Å². The van der Waals surface area contributed by atoms with Crippen molar-refractivity contribution >= 4 is 5.91 Å². The molecule has 3 fully saturated rings. The Kier molecular flexibility index (Phi) is 1.63. The maximum absolute atomic E-state index is 12.2. The number of carbonyl (C=O) groups is 1. The Morgan fingerprint density at radius 2 is 2.13 bits per heavy atom. The molecule has 4 nitrogen and oxygen atoms in total. The predicted octanol–water partition coefficient (Wildman–Crippen LogP) is 0.144. The molecule has 0 aromatic rings. The van der Waals surface area contributed by atoms with Gasteiger partial charge >= 0.3 is 0 Å². The lowest BCUT2D eigenvalue weighted by Crippen LogP contribution is -2.52. The van der Waals surface area contributed by atoms with E-state index in [1.165, 1.54) is 0 Å². The third-order valence-corrected chi connectivity index (χ3v) is 3.86. The van der Waals surface area contributed by atoms with Crippen LogP contribution in [0.2, 0.25) is 0 Å². The second kappa shape index (κ2) is 2.55. The van der Waals surface area contributed by atoms with Crippen molar-refractivity contribution in [1.82, 2.24) is 4.90 Å². The predicted molar refractivity (Wildman–Crippen MR) is 53.2 cm³/mol. The van der Waals surface area contributed by atoms with Gasteiger partial charge in [0.2, 0.25) is 5.91 Å². The molecule has 1 N–H and O–H groups in total. The van der Waals surface area contributed by atoms with Gasteiger partial charge < -0.3 is 14.7 Å². The number of likely N-dealkylation sites (tertiary alicyclic amines) is 1. The second-order valence-corrected chi connectivity index (χ2v) is 5.84. The molecular formula is C11H17NO3. The van der Waals surface area contributed by atoms with Gasteiger partial charge in [-0.25, -0.2) is 0 Å². The van der Waals surface area contributed by atoms with Gasteiger partial charge in [0.1, 0.15) is 6.10 Å². The standard InChI is InChI=1S/C11H17NO3/c1-11(2,3)12-7-8(13)6-4-5(10(12)14)9(7)15-6/h5-9,13H,4H2,1-3H3. The first-order chi connectivity index (χ1) is 6.91. The van der Waals surface area contributed by atoms with E-state index >= 15 is 0 Å². The molecule has 3 saturated heterocycles. The van der Waals surface area contributed by atoms with Crippen LogP contribution < -0.4 is 0 Å². The van der Waals surface area contributed by atoms with Gasteiger partial charge in [-0.15, -0.1) is 0 Å². The van der Waals surface area contributed by atoms with Crippen LogP contribution in [0.3, 0.4) is 0 Å². The zero-order valence-electron chi connectivity index (χ0n) is 9.30. The van der Waals surface area contributed by atoms with Gasteiger partial charge in [-0.2, -0.15) is 0 Å². The number of ether oxygens (including phenoxy) is 1. The number of amides is 1. The topological polar surface area (TPSA) is 49.8 Å². The molecule has 0 aromatic heterocycles. The summed E-state index contributed by atoms with van der Waals surface area (Å²) in [5, 5.41) is 10.0. The van der Waals surface area contributed by atoms with Crippen LogP contribution in [0, 0.1) is 5.92 Å². The Morgan fingerprint density at radius 3 is 2.67 bits per heavy atom. The largest absolute Gasteiger partial charge is 0.388 e. The molecular weight excluding hydrogens is 194 g/mol. The van der Waals surface area contributed by atoms with Gasteiger partial charge in [0.25, 0.3) is 0 Å². The molecule has 15 heavy (non-hydrogen) atoms. The normalized spacial score (nSPS) is 48.1. The molecule has 0 radical (unpaired) electrons. The SMILES string of the molecule is CC(C)(C)N1C(=O)C2CC3OC2C1C3O. The van der Waals surface area contributed by atoms with Crippen LogP contribution >= 0.6 is 0 Å². The van der Waals surface area contributed by atoms with Crippen LogP contribution in [-0.2, 0) is 9.53 Å². The number of hydrogen-bond acceptors (Lipinski definition) is 3. The second-order valence-electron chi connectivity index (χ2n) is 5.84. The van der Waals surface area contributed by atoms with Crippen LogP contribution in [0.15, 0.2) is 0 Å². The number of rotatable bonds is 0. The maximum Gasteiger partial charge on any atom is 0.229 e. The van der Waals surface area contributed by atoms with Crippen LogP contribution in [-0.4, -0.2) is 45.8 Å². The first kappa shape index (κ1) is 9.60. The third-order valence-electron chi connectivity index (χ3n) is 3.86. The minimum atomic E-state index is -0.489. The zero-order chi connectivity index (χ0) is 11.0. The van der Waals surface area contributed by atoms with Gasteiger partial charge in [-0.1, -0.05) is 0 Å². The van der Waals surface area contributed by atoms with Gasteiger partial charge in [0, 0.05) is 5.54 Å². The number of nitrogens with zero attached hydrogens (tertiary/aromatic N) is 1. The van der Waals surface area contributed by atoms with E-state index < -0.39 is 6.10 Å². The summed E-state index contributed by atoms with van der Waals surface area (Å²) in [5.41, 5.74) is -0.224. The third kappa shape index (κ3) is 1.01. The molecule has 2 bridgehead atoms. The molecule has 0 saturated carbocycles. The summed E-state index contributed by atoms with van der Waals surface area (Å²) >= 11 is 0. The summed E-state index contributed by atoms with van der Waals surface area (Å²) in [7, 11) is 0. The molecule has 5 atom stereocenters. The average Bonchev–Trinajstić information content (AvgIpc) is 2.66. The first-order valence-corrected chi connectivity index (χ1v) is 5.58. The van der Waals surface area contributed by atoms with Crippen molar-refractivity contribution in [1.29, 1.82) is 0 Å². The molecule has 0 aromatic carbocycles. The van der Waals surface area contributed by atoms with Crippen molar-refractivity contribution in [2.24, 2.45) is 5.92 Å². The lowest BCUT2D eigenvalue weighted by atomic mass is 9.88. The molecule has 0 spiro atoms. The molecule has 5 unspecified atom stereocenters. The molecule has 3 aliphatic heterocycles.